The van der Waals surface area contributed by atoms with Gasteiger partial charge in [-0.25, -0.2) is 0 Å². The standard InChI is InChI=1S/C13H14F3NO2/c14-13(15,16)11-3-1-10(2-4-11)9-17-6-8-19-7-5-12(17)18/h1-4H,5-9H2. The minimum atomic E-state index is -4.33. The molecule has 0 aromatic heterocycles. The van der Waals surface area contributed by atoms with Gasteiger partial charge in [0.2, 0.25) is 5.91 Å². The Morgan fingerprint density at radius 3 is 2.47 bits per heavy atom. The van der Waals surface area contributed by atoms with E-state index in [9.17, 15) is 18.0 Å². The summed E-state index contributed by atoms with van der Waals surface area (Å²) in [6, 6.07) is 4.88. The van der Waals surface area contributed by atoms with Crippen LogP contribution in [0.25, 0.3) is 0 Å². The van der Waals surface area contributed by atoms with E-state index in [1.54, 1.807) is 4.90 Å². The Labute approximate surface area is 109 Å². The van der Waals surface area contributed by atoms with Crippen LogP contribution in [0, 0.1) is 0 Å². The fourth-order valence-electron chi connectivity index (χ4n) is 1.91. The summed E-state index contributed by atoms with van der Waals surface area (Å²) in [5.41, 5.74) is 0.00465. The average Bonchev–Trinajstić information content (AvgIpc) is 2.55. The summed E-state index contributed by atoms with van der Waals surface area (Å²) in [6.07, 6.45) is -4.01. The molecule has 104 valence electrons. The lowest BCUT2D eigenvalue weighted by Crippen LogP contribution is -2.31. The fraction of sp³-hybridized carbons (Fsp3) is 0.462. The zero-order valence-electron chi connectivity index (χ0n) is 10.2. The number of benzene rings is 1. The van der Waals surface area contributed by atoms with Crippen LogP contribution >= 0.6 is 0 Å². The van der Waals surface area contributed by atoms with Crippen molar-refractivity contribution in [1.82, 2.24) is 4.90 Å². The zero-order valence-corrected chi connectivity index (χ0v) is 10.2. The number of hydrogen-bond donors (Lipinski definition) is 0. The monoisotopic (exact) mass is 273 g/mol. The Kier molecular flexibility index (Phi) is 4.09. The van der Waals surface area contributed by atoms with E-state index in [1.807, 2.05) is 0 Å². The molecular weight excluding hydrogens is 259 g/mol. The summed E-state index contributed by atoms with van der Waals surface area (Å²) >= 11 is 0. The highest BCUT2D eigenvalue weighted by Crippen LogP contribution is 2.29. The van der Waals surface area contributed by atoms with Gasteiger partial charge in [-0.1, -0.05) is 12.1 Å². The van der Waals surface area contributed by atoms with Crippen LogP contribution in [0.4, 0.5) is 13.2 Å². The van der Waals surface area contributed by atoms with E-state index in [4.69, 9.17) is 4.74 Å². The minimum Gasteiger partial charge on any atom is -0.379 e. The SMILES string of the molecule is O=C1CCOCCN1Cc1ccc(C(F)(F)F)cc1. The number of carbonyl (C=O) groups is 1. The van der Waals surface area contributed by atoms with Gasteiger partial charge in [0.1, 0.15) is 0 Å². The van der Waals surface area contributed by atoms with Crippen molar-refractivity contribution in [3.05, 3.63) is 35.4 Å². The van der Waals surface area contributed by atoms with Crippen molar-refractivity contribution in [1.29, 1.82) is 0 Å². The molecule has 0 unspecified atom stereocenters. The Hall–Kier alpha value is -1.56. The largest absolute Gasteiger partial charge is 0.416 e. The van der Waals surface area contributed by atoms with Crippen molar-refractivity contribution < 1.29 is 22.7 Å². The van der Waals surface area contributed by atoms with Crippen LogP contribution in [0.1, 0.15) is 17.5 Å². The number of carbonyl (C=O) groups excluding carboxylic acids is 1. The smallest absolute Gasteiger partial charge is 0.379 e. The maximum atomic E-state index is 12.4. The van der Waals surface area contributed by atoms with Crippen LogP contribution in [-0.2, 0) is 22.3 Å². The topological polar surface area (TPSA) is 29.5 Å². The van der Waals surface area contributed by atoms with Gasteiger partial charge in [0.15, 0.2) is 0 Å². The summed E-state index contributed by atoms with van der Waals surface area (Å²) < 4.78 is 42.4. The molecule has 0 spiro atoms. The van der Waals surface area contributed by atoms with Crippen LogP contribution in [0.15, 0.2) is 24.3 Å². The first-order chi connectivity index (χ1) is 8.97. The molecule has 6 heteroatoms. The van der Waals surface area contributed by atoms with E-state index >= 15 is 0 Å². The molecule has 0 aliphatic carbocycles. The van der Waals surface area contributed by atoms with Crippen LogP contribution in [0.3, 0.4) is 0 Å². The number of rotatable bonds is 2. The van der Waals surface area contributed by atoms with Crippen molar-refractivity contribution in [3.8, 4) is 0 Å². The quantitative estimate of drug-likeness (QED) is 0.828. The third kappa shape index (κ3) is 3.70. The Morgan fingerprint density at radius 2 is 1.84 bits per heavy atom. The second kappa shape index (κ2) is 5.61. The molecule has 0 bridgehead atoms. The van der Waals surface area contributed by atoms with Gasteiger partial charge in [0, 0.05) is 13.1 Å². The van der Waals surface area contributed by atoms with Gasteiger partial charge < -0.3 is 9.64 Å². The number of alkyl halides is 3. The lowest BCUT2D eigenvalue weighted by molar-refractivity contribution is -0.137. The summed E-state index contributed by atoms with van der Waals surface area (Å²) in [5.74, 6) is -0.0302. The van der Waals surface area contributed by atoms with Crippen molar-refractivity contribution in [3.63, 3.8) is 0 Å². The van der Waals surface area contributed by atoms with Crippen molar-refractivity contribution >= 4 is 5.91 Å². The van der Waals surface area contributed by atoms with E-state index < -0.39 is 11.7 Å². The lowest BCUT2D eigenvalue weighted by atomic mass is 10.1. The number of halogens is 3. The summed E-state index contributed by atoms with van der Waals surface area (Å²) in [5, 5.41) is 0. The van der Waals surface area contributed by atoms with Gasteiger partial charge in [-0.15, -0.1) is 0 Å². The van der Waals surface area contributed by atoms with Crippen LogP contribution in [0.2, 0.25) is 0 Å². The molecule has 1 amide bonds. The highest BCUT2D eigenvalue weighted by Gasteiger charge is 2.30. The maximum Gasteiger partial charge on any atom is 0.416 e. The first-order valence-electron chi connectivity index (χ1n) is 5.98. The first kappa shape index (κ1) is 13.9. The molecular formula is C13H14F3NO2. The maximum absolute atomic E-state index is 12.4. The predicted octanol–water partition coefficient (Wildman–Crippen LogP) is 2.45. The number of ether oxygens (including phenoxy) is 1. The van der Waals surface area contributed by atoms with Gasteiger partial charge >= 0.3 is 6.18 Å². The van der Waals surface area contributed by atoms with E-state index in [0.29, 0.717) is 38.3 Å². The predicted molar refractivity (Wildman–Crippen MR) is 62.3 cm³/mol. The lowest BCUT2D eigenvalue weighted by Gasteiger charge is -2.20. The molecule has 1 aromatic carbocycles. The summed E-state index contributed by atoms with van der Waals surface area (Å²) in [7, 11) is 0. The van der Waals surface area contributed by atoms with Gasteiger partial charge in [0.25, 0.3) is 0 Å². The van der Waals surface area contributed by atoms with Crippen molar-refractivity contribution in [2.75, 3.05) is 19.8 Å². The third-order valence-electron chi connectivity index (χ3n) is 2.97. The molecule has 1 fully saturated rings. The van der Waals surface area contributed by atoms with E-state index in [-0.39, 0.29) is 5.91 Å². The average molecular weight is 273 g/mol. The van der Waals surface area contributed by atoms with Gasteiger partial charge in [0.05, 0.1) is 25.2 Å². The molecule has 19 heavy (non-hydrogen) atoms. The molecule has 0 saturated carbocycles. The normalized spacial score (nSPS) is 17.4. The summed E-state index contributed by atoms with van der Waals surface area (Å²) in [6.45, 7) is 1.66. The number of nitrogens with zero attached hydrogens (tertiary/aromatic N) is 1. The first-order valence-corrected chi connectivity index (χ1v) is 5.98. The Balaban J connectivity index is 2.04. The van der Waals surface area contributed by atoms with Crippen molar-refractivity contribution in [2.45, 2.75) is 19.1 Å². The second-order valence-electron chi connectivity index (χ2n) is 4.37. The molecule has 1 aliphatic heterocycles. The van der Waals surface area contributed by atoms with Crippen LogP contribution in [0.5, 0.6) is 0 Å². The molecule has 1 aromatic rings. The highest BCUT2D eigenvalue weighted by atomic mass is 19.4. The van der Waals surface area contributed by atoms with Gasteiger partial charge in [-0.05, 0) is 17.7 Å². The Bertz CT molecular complexity index is 442. The van der Waals surface area contributed by atoms with Crippen molar-refractivity contribution in [2.24, 2.45) is 0 Å². The van der Waals surface area contributed by atoms with Crippen LogP contribution in [-0.4, -0.2) is 30.6 Å². The molecule has 0 N–H and O–H groups in total. The molecule has 1 heterocycles. The Morgan fingerprint density at radius 1 is 1.16 bits per heavy atom. The molecule has 1 saturated heterocycles. The van der Waals surface area contributed by atoms with Gasteiger partial charge in [-0.3, -0.25) is 4.79 Å². The number of amides is 1. The summed E-state index contributed by atoms with van der Waals surface area (Å²) in [4.78, 5) is 13.3. The molecule has 3 nitrogen and oxygen atoms in total. The minimum absolute atomic E-state index is 0.0302. The van der Waals surface area contributed by atoms with E-state index in [0.717, 1.165) is 12.1 Å². The molecule has 1 aliphatic rings. The number of hydrogen-bond acceptors (Lipinski definition) is 2. The third-order valence-corrected chi connectivity index (χ3v) is 2.97. The molecule has 0 atom stereocenters. The van der Waals surface area contributed by atoms with Gasteiger partial charge in [-0.2, -0.15) is 13.2 Å². The molecule has 2 rings (SSSR count). The zero-order chi connectivity index (χ0) is 13.9. The fourth-order valence-corrected chi connectivity index (χ4v) is 1.91. The second-order valence-corrected chi connectivity index (χ2v) is 4.37. The molecule has 0 radical (unpaired) electrons. The highest BCUT2D eigenvalue weighted by molar-refractivity contribution is 5.76. The van der Waals surface area contributed by atoms with E-state index in [2.05, 4.69) is 0 Å². The van der Waals surface area contributed by atoms with Crippen LogP contribution < -0.4 is 0 Å². The van der Waals surface area contributed by atoms with E-state index in [1.165, 1.54) is 12.1 Å².